The number of carboxylic acid groups (broad SMARTS) is 1. The quantitative estimate of drug-likeness (QED) is 0.740. The monoisotopic (exact) mass is 338 g/mol. The van der Waals surface area contributed by atoms with Crippen molar-refractivity contribution in [2.45, 2.75) is 12.8 Å². The van der Waals surface area contributed by atoms with E-state index in [0.717, 1.165) is 0 Å². The zero-order chi connectivity index (χ0) is 11.6. The van der Waals surface area contributed by atoms with E-state index in [4.69, 9.17) is 5.11 Å². The molecule has 0 spiro atoms. The minimum atomic E-state index is -0.915. The highest BCUT2D eigenvalue weighted by Gasteiger charge is 2.14. The number of phenolic OH excluding ortho intramolecular Hbond substituents is 2. The van der Waals surface area contributed by atoms with E-state index in [0.29, 0.717) is 14.5 Å². The van der Waals surface area contributed by atoms with Gasteiger partial charge in [0.15, 0.2) is 11.5 Å². The molecule has 1 aromatic carbocycles. The van der Waals surface area contributed by atoms with E-state index in [1.165, 1.54) is 6.07 Å². The highest BCUT2D eigenvalue weighted by molar-refractivity contribution is 9.11. The highest BCUT2D eigenvalue weighted by atomic mass is 79.9. The van der Waals surface area contributed by atoms with Crippen molar-refractivity contribution in [1.82, 2.24) is 0 Å². The molecule has 0 amide bonds. The topological polar surface area (TPSA) is 77.8 Å². The van der Waals surface area contributed by atoms with Crippen LogP contribution in [0.3, 0.4) is 0 Å². The van der Waals surface area contributed by atoms with Crippen molar-refractivity contribution in [3.63, 3.8) is 0 Å². The van der Waals surface area contributed by atoms with E-state index in [1.54, 1.807) is 0 Å². The minimum Gasteiger partial charge on any atom is -0.504 e. The van der Waals surface area contributed by atoms with Crippen molar-refractivity contribution in [1.29, 1.82) is 0 Å². The Morgan fingerprint density at radius 3 is 2.47 bits per heavy atom. The Balaban J connectivity index is 3.07. The third-order valence-corrected chi connectivity index (χ3v) is 3.42. The molecule has 1 aromatic rings. The number of phenols is 2. The van der Waals surface area contributed by atoms with Crippen LogP contribution < -0.4 is 0 Å². The van der Waals surface area contributed by atoms with Gasteiger partial charge in [-0.3, -0.25) is 4.79 Å². The second-order valence-corrected chi connectivity index (χ2v) is 4.56. The first-order chi connectivity index (χ1) is 6.93. The standard InChI is InChI=1S/C9H8Br2O4/c10-5-3-6(12)9(15)8(11)4(5)1-2-7(13)14/h3,12,15H,1-2H2,(H,13,14). The Hall–Kier alpha value is -0.750. The summed E-state index contributed by atoms with van der Waals surface area (Å²) in [5.41, 5.74) is 0.618. The van der Waals surface area contributed by atoms with Crippen molar-refractivity contribution < 1.29 is 20.1 Å². The first-order valence-corrected chi connectivity index (χ1v) is 5.62. The Bertz CT molecular complexity index is 404. The highest BCUT2D eigenvalue weighted by Crippen LogP contribution is 2.40. The zero-order valence-electron chi connectivity index (χ0n) is 7.50. The molecule has 0 fully saturated rings. The van der Waals surface area contributed by atoms with E-state index < -0.39 is 5.97 Å². The summed E-state index contributed by atoms with van der Waals surface area (Å²) in [6.45, 7) is 0. The Morgan fingerprint density at radius 2 is 1.93 bits per heavy atom. The molecule has 1 rings (SSSR count). The molecule has 82 valence electrons. The summed E-state index contributed by atoms with van der Waals surface area (Å²) >= 11 is 6.29. The van der Waals surface area contributed by atoms with Gasteiger partial charge in [0.05, 0.1) is 4.47 Å². The fourth-order valence-corrected chi connectivity index (χ4v) is 2.59. The van der Waals surface area contributed by atoms with Crippen LogP contribution in [0.15, 0.2) is 15.0 Å². The molecule has 0 heterocycles. The van der Waals surface area contributed by atoms with Gasteiger partial charge in [0, 0.05) is 10.9 Å². The average molecular weight is 340 g/mol. The number of aliphatic carboxylic acids is 1. The van der Waals surface area contributed by atoms with Gasteiger partial charge in [-0.2, -0.15) is 0 Å². The summed E-state index contributed by atoms with van der Waals surface area (Å²) in [7, 11) is 0. The van der Waals surface area contributed by atoms with Gasteiger partial charge in [-0.05, 0) is 34.0 Å². The molecular weight excluding hydrogens is 332 g/mol. The van der Waals surface area contributed by atoms with Crippen molar-refractivity contribution in [3.8, 4) is 11.5 Å². The maximum Gasteiger partial charge on any atom is 0.303 e. The molecule has 0 atom stereocenters. The van der Waals surface area contributed by atoms with Crippen LogP contribution in [0.2, 0.25) is 0 Å². The Morgan fingerprint density at radius 1 is 1.33 bits per heavy atom. The van der Waals surface area contributed by atoms with Gasteiger partial charge in [-0.1, -0.05) is 15.9 Å². The first-order valence-electron chi connectivity index (χ1n) is 4.04. The summed E-state index contributed by atoms with van der Waals surface area (Å²) in [5.74, 6) is -1.45. The lowest BCUT2D eigenvalue weighted by atomic mass is 10.1. The summed E-state index contributed by atoms with van der Waals surface area (Å²) in [6.07, 6.45) is 0.228. The first kappa shape index (κ1) is 12.3. The van der Waals surface area contributed by atoms with Gasteiger partial charge >= 0.3 is 5.97 Å². The molecule has 0 saturated carbocycles. The van der Waals surface area contributed by atoms with E-state index >= 15 is 0 Å². The van der Waals surface area contributed by atoms with Crippen LogP contribution in [0, 0.1) is 0 Å². The molecule has 3 N–H and O–H groups in total. The summed E-state index contributed by atoms with van der Waals surface area (Å²) < 4.78 is 0.876. The van der Waals surface area contributed by atoms with Gasteiger partial charge in [0.25, 0.3) is 0 Å². The lowest BCUT2D eigenvalue weighted by Crippen LogP contribution is -1.99. The molecule has 0 aliphatic heterocycles. The molecule has 4 nitrogen and oxygen atoms in total. The van der Waals surface area contributed by atoms with Crippen molar-refractivity contribution in [2.24, 2.45) is 0 Å². The van der Waals surface area contributed by atoms with E-state index in [-0.39, 0.29) is 24.3 Å². The smallest absolute Gasteiger partial charge is 0.303 e. The van der Waals surface area contributed by atoms with Crippen LogP contribution in [0.5, 0.6) is 11.5 Å². The Labute approximate surface area is 103 Å². The third-order valence-electron chi connectivity index (χ3n) is 1.86. The molecule has 0 aliphatic carbocycles. The normalized spacial score (nSPS) is 10.3. The second-order valence-electron chi connectivity index (χ2n) is 2.91. The minimum absolute atomic E-state index is 0.0403. The van der Waals surface area contributed by atoms with Crippen molar-refractivity contribution in [3.05, 3.63) is 20.6 Å². The van der Waals surface area contributed by atoms with Crippen molar-refractivity contribution in [2.75, 3.05) is 0 Å². The second kappa shape index (κ2) is 4.85. The number of hydrogen-bond donors (Lipinski definition) is 3. The average Bonchev–Trinajstić information content (AvgIpc) is 2.14. The van der Waals surface area contributed by atoms with Gasteiger partial charge in [-0.25, -0.2) is 0 Å². The SMILES string of the molecule is O=C(O)CCc1c(Br)cc(O)c(O)c1Br. The predicted octanol–water partition coefficient (Wildman–Crippen LogP) is 2.64. The predicted molar refractivity (Wildman–Crippen MR) is 61.1 cm³/mol. The molecule has 0 bridgehead atoms. The summed E-state index contributed by atoms with van der Waals surface area (Å²) in [4.78, 5) is 10.4. The third kappa shape index (κ3) is 2.85. The van der Waals surface area contributed by atoms with E-state index in [2.05, 4.69) is 31.9 Å². The van der Waals surface area contributed by atoms with E-state index in [1.807, 2.05) is 0 Å². The summed E-state index contributed by atoms with van der Waals surface area (Å²) in [5, 5.41) is 27.2. The maximum atomic E-state index is 10.4. The molecule has 15 heavy (non-hydrogen) atoms. The maximum absolute atomic E-state index is 10.4. The number of aromatic hydroxyl groups is 2. The number of benzene rings is 1. The van der Waals surface area contributed by atoms with Gasteiger partial charge in [0.2, 0.25) is 0 Å². The largest absolute Gasteiger partial charge is 0.504 e. The van der Waals surface area contributed by atoms with Gasteiger partial charge in [0.1, 0.15) is 0 Å². The van der Waals surface area contributed by atoms with Crippen LogP contribution in [0.4, 0.5) is 0 Å². The van der Waals surface area contributed by atoms with E-state index in [9.17, 15) is 15.0 Å². The van der Waals surface area contributed by atoms with Crippen LogP contribution in [-0.4, -0.2) is 21.3 Å². The van der Waals surface area contributed by atoms with Crippen molar-refractivity contribution >= 4 is 37.8 Å². The number of rotatable bonds is 3. The van der Waals surface area contributed by atoms with Crippen LogP contribution in [0.1, 0.15) is 12.0 Å². The fourth-order valence-electron chi connectivity index (χ4n) is 1.10. The fraction of sp³-hybridized carbons (Fsp3) is 0.222. The molecule has 0 saturated heterocycles. The number of halogens is 2. The van der Waals surface area contributed by atoms with Crippen LogP contribution in [0.25, 0.3) is 0 Å². The molecular formula is C9H8Br2O4. The molecule has 0 aliphatic rings. The molecule has 0 radical (unpaired) electrons. The lowest BCUT2D eigenvalue weighted by molar-refractivity contribution is -0.136. The molecule has 6 heteroatoms. The molecule has 0 unspecified atom stereocenters. The Kier molecular flexibility index (Phi) is 3.98. The van der Waals surface area contributed by atoms with Gasteiger partial charge in [-0.15, -0.1) is 0 Å². The number of hydrogen-bond acceptors (Lipinski definition) is 3. The molecule has 0 aromatic heterocycles. The number of carboxylic acids is 1. The number of carbonyl (C=O) groups is 1. The lowest BCUT2D eigenvalue weighted by Gasteiger charge is -2.09. The summed E-state index contributed by atoms with van der Waals surface area (Å²) in [6, 6.07) is 1.33. The van der Waals surface area contributed by atoms with Gasteiger partial charge < -0.3 is 15.3 Å². The van der Waals surface area contributed by atoms with Crippen LogP contribution in [-0.2, 0) is 11.2 Å². The van der Waals surface area contributed by atoms with Crippen LogP contribution >= 0.6 is 31.9 Å². The zero-order valence-corrected chi connectivity index (χ0v) is 10.7.